The van der Waals surface area contributed by atoms with E-state index in [2.05, 4.69) is 20.4 Å². The third-order valence-corrected chi connectivity index (χ3v) is 11.0. The first-order valence-electron chi connectivity index (χ1n) is 16.7. The van der Waals surface area contributed by atoms with Gasteiger partial charge < -0.3 is 0 Å². The number of hydrogen-bond acceptors (Lipinski definition) is 8. The summed E-state index contributed by atoms with van der Waals surface area (Å²) in [5, 5.41) is 18.2. The standard InChI is InChI=1S/C42H28N6O2S2/c49-39-33(51-41-45-43-35(29-13-5-1-6-14-29)37(47(39)41)31-17-9-3-10-18-31)25-27-21-23-28(24-22-27)26-34-40(50)48-38(32-19-11-4-12-20-32)36(44-46-42(48)52-34)30-15-7-2-8-16-30/h1-26,37-38H/b33-25-,34-26+/t37-,38-/m1/s1. The van der Waals surface area contributed by atoms with E-state index in [9.17, 15) is 9.59 Å². The monoisotopic (exact) mass is 712 g/mol. The van der Waals surface area contributed by atoms with Gasteiger partial charge in [0, 0.05) is 11.1 Å². The van der Waals surface area contributed by atoms with Crippen molar-refractivity contribution in [3.63, 3.8) is 0 Å². The van der Waals surface area contributed by atoms with Gasteiger partial charge in [0.1, 0.15) is 12.1 Å². The Balaban J connectivity index is 1.07. The van der Waals surface area contributed by atoms with E-state index in [1.807, 2.05) is 158 Å². The number of benzene rings is 5. The second kappa shape index (κ2) is 13.4. The highest BCUT2D eigenvalue weighted by molar-refractivity contribution is 7.07. The van der Waals surface area contributed by atoms with Crippen LogP contribution in [0.3, 0.4) is 0 Å². The van der Waals surface area contributed by atoms with Crippen LogP contribution in [0.15, 0.2) is 176 Å². The Kier molecular flexibility index (Phi) is 8.15. The minimum absolute atomic E-state index is 0.123. The van der Waals surface area contributed by atoms with Gasteiger partial charge in [-0.25, -0.2) is 0 Å². The summed E-state index contributed by atoms with van der Waals surface area (Å²) in [5.41, 5.74) is 6.68. The summed E-state index contributed by atoms with van der Waals surface area (Å²) in [6, 6.07) is 46.6. The highest BCUT2D eigenvalue weighted by Crippen LogP contribution is 2.25. The molecule has 0 spiro atoms. The quantitative estimate of drug-likeness (QED) is 0.242. The lowest BCUT2D eigenvalue weighted by atomic mass is 9.96. The van der Waals surface area contributed by atoms with Crippen molar-refractivity contribution >= 4 is 46.2 Å². The molecule has 7 aromatic rings. The molecule has 52 heavy (non-hydrogen) atoms. The Morgan fingerprint density at radius 1 is 0.442 bits per heavy atom. The van der Waals surface area contributed by atoms with E-state index in [-0.39, 0.29) is 11.1 Å². The van der Waals surface area contributed by atoms with Crippen molar-refractivity contribution in [2.24, 2.45) is 20.4 Å². The lowest BCUT2D eigenvalue weighted by Crippen LogP contribution is -2.40. The predicted octanol–water partition coefficient (Wildman–Crippen LogP) is 5.04. The van der Waals surface area contributed by atoms with Gasteiger partial charge in [-0.1, -0.05) is 168 Å². The topological polar surface area (TPSA) is 93.4 Å². The molecule has 2 aliphatic rings. The van der Waals surface area contributed by atoms with Crippen molar-refractivity contribution in [2.45, 2.75) is 12.1 Å². The molecule has 0 saturated heterocycles. The average molecular weight is 713 g/mol. The zero-order valence-electron chi connectivity index (χ0n) is 27.5. The third-order valence-electron chi connectivity index (χ3n) is 9.10. The van der Waals surface area contributed by atoms with Crippen LogP contribution >= 0.6 is 22.7 Å². The predicted molar refractivity (Wildman–Crippen MR) is 207 cm³/mol. The molecule has 9 rings (SSSR count). The lowest BCUT2D eigenvalue weighted by Gasteiger charge is -2.22. The van der Waals surface area contributed by atoms with Crippen LogP contribution in [0.25, 0.3) is 12.2 Å². The van der Waals surface area contributed by atoms with Crippen LogP contribution in [0.4, 0.5) is 0 Å². The Morgan fingerprint density at radius 3 is 1.15 bits per heavy atom. The number of hydrogen-bond donors (Lipinski definition) is 0. The van der Waals surface area contributed by atoms with Crippen molar-refractivity contribution in [1.82, 2.24) is 9.13 Å². The summed E-state index contributed by atoms with van der Waals surface area (Å²) in [5.74, 6) is 0. The fourth-order valence-electron chi connectivity index (χ4n) is 6.64. The summed E-state index contributed by atoms with van der Waals surface area (Å²) < 4.78 is 4.62. The number of aromatic nitrogens is 2. The molecule has 0 N–H and O–H groups in total. The maximum Gasteiger partial charge on any atom is 0.271 e. The zero-order chi connectivity index (χ0) is 35.0. The van der Waals surface area contributed by atoms with Gasteiger partial charge in [0.05, 0.1) is 20.5 Å². The second-order valence-electron chi connectivity index (χ2n) is 12.3. The Hall–Kier alpha value is -6.36. The number of rotatable bonds is 6. The molecule has 5 aromatic carbocycles. The van der Waals surface area contributed by atoms with Crippen LogP contribution < -0.4 is 29.8 Å². The van der Waals surface area contributed by atoms with Gasteiger partial charge in [0.2, 0.25) is 9.60 Å². The van der Waals surface area contributed by atoms with Crippen LogP contribution in [-0.2, 0) is 0 Å². The maximum atomic E-state index is 14.0. The van der Waals surface area contributed by atoms with E-state index in [0.29, 0.717) is 18.7 Å². The van der Waals surface area contributed by atoms with Crippen LogP contribution in [0.1, 0.15) is 45.5 Å². The van der Waals surface area contributed by atoms with E-state index in [1.165, 1.54) is 22.7 Å². The van der Waals surface area contributed by atoms with Gasteiger partial charge in [-0.3, -0.25) is 18.7 Å². The van der Waals surface area contributed by atoms with Crippen molar-refractivity contribution in [1.29, 1.82) is 0 Å². The van der Waals surface area contributed by atoms with Crippen molar-refractivity contribution in [2.75, 3.05) is 0 Å². The van der Waals surface area contributed by atoms with Gasteiger partial charge in [-0.05, 0) is 34.4 Å². The molecule has 0 saturated carbocycles. The molecule has 4 heterocycles. The van der Waals surface area contributed by atoms with Crippen molar-refractivity contribution in [3.05, 3.63) is 218 Å². The van der Waals surface area contributed by atoms with Gasteiger partial charge in [0.25, 0.3) is 11.1 Å². The van der Waals surface area contributed by atoms with Crippen LogP contribution in [0.5, 0.6) is 0 Å². The zero-order valence-corrected chi connectivity index (χ0v) is 29.1. The van der Waals surface area contributed by atoms with Crippen molar-refractivity contribution in [3.8, 4) is 0 Å². The molecule has 2 aliphatic heterocycles. The normalized spacial score (nSPS) is 17.0. The molecular formula is C42H28N6O2S2. The first-order valence-corrected chi connectivity index (χ1v) is 18.3. The van der Waals surface area contributed by atoms with Gasteiger partial charge >= 0.3 is 0 Å². The summed E-state index contributed by atoms with van der Waals surface area (Å²) >= 11 is 2.65. The second-order valence-corrected chi connectivity index (χ2v) is 14.4. The Morgan fingerprint density at radius 2 is 0.788 bits per heavy atom. The summed E-state index contributed by atoms with van der Waals surface area (Å²) in [7, 11) is 0. The number of nitrogens with zero attached hydrogens (tertiary/aromatic N) is 6. The van der Waals surface area contributed by atoms with Crippen molar-refractivity contribution < 1.29 is 0 Å². The highest BCUT2D eigenvalue weighted by atomic mass is 32.1. The van der Waals surface area contributed by atoms with Crippen LogP contribution in [0, 0.1) is 0 Å². The largest absolute Gasteiger partial charge is 0.271 e. The molecule has 0 unspecified atom stereocenters. The first-order chi connectivity index (χ1) is 25.6. The Labute approximate surface area is 305 Å². The highest BCUT2D eigenvalue weighted by Gasteiger charge is 2.29. The molecule has 250 valence electrons. The van der Waals surface area contributed by atoms with Gasteiger partial charge in [-0.2, -0.15) is 0 Å². The number of fused-ring (bicyclic) bond motifs is 2. The molecule has 2 aromatic heterocycles. The molecule has 8 nitrogen and oxygen atoms in total. The third kappa shape index (κ3) is 5.73. The molecule has 0 amide bonds. The smallest absolute Gasteiger partial charge is 0.268 e. The fourth-order valence-corrected chi connectivity index (χ4v) is 8.53. The molecular weight excluding hydrogens is 685 g/mol. The van der Waals surface area contributed by atoms with E-state index < -0.39 is 12.1 Å². The maximum absolute atomic E-state index is 14.0. The molecule has 0 fully saturated rings. The SMILES string of the molecule is O=c1/c(=C/c2ccc(/C=c3/sc4n(c3=O)[C@H](c3ccccc3)C(c3ccccc3)=NN=4)cc2)sc2n1[C@H](c1ccccc1)C(c1ccccc1)=NN=2. The van der Waals surface area contributed by atoms with E-state index in [0.717, 1.165) is 44.8 Å². The molecule has 0 bridgehead atoms. The van der Waals surface area contributed by atoms with Gasteiger partial charge in [0.15, 0.2) is 0 Å². The molecule has 0 aliphatic carbocycles. The lowest BCUT2D eigenvalue weighted by molar-refractivity contribution is 0.657. The summed E-state index contributed by atoms with van der Waals surface area (Å²) in [6.45, 7) is 0. The Bertz CT molecular complexity index is 2680. The van der Waals surface area contributed by atoms with E-state index >= 15 is 0 Å². The molecule has 0 radical (unpaired) electrons. The number of thiazole rings is 2. The molecule has 10 heteroatoms. The van der Waals surface area contributed by atoms with E-state index in [1.54, 1.807) is 9.13 Å². The summed E-state index contributed by atoms with van der Waals surface area (Å²) in [4.78, 5) is 29.2. The van der Waals surface area contributed by atoms with E-state index in [4.69, 9.17) is 0 Å². The van der Waals surface area contributed by atoms with Crippen LogP contribution in [0.2, 0.25) is 0 Å². The summed E-state index contributed by atoms with van der Waals surface area (Å²) in [6.07, 6.45) is 3.76. The minimum atomic E-state index is -0.405. The fraction of sp³-hybridized carbons (Fsp3) is 0.0476. The minimum Gasteiger partial charge on any atom is -0.268 e. The molecule has 2 atom stereocenters. The van der Waals surface area contributed by atoms with Gasteiger partial charge in [-0.15, -0.1) is 20.4 Å². The first kappa shape index (κ1) is 31.6. The average Bonchev–Trinajstić information content (AvgIpc) is 3.70. The van der Waals surface area contributed by atoms with Crippen LogP contribution in [-0.4, -0.2) is 20.6 Å².